The number of carbonyl (C=O) groups is 1. The van der Waals surface area contributed by atoms with Gasteiger partial charge in [-0.15, -0.1) is 0 Å². The van der Waals surface area contributed by atoms with E-state index in [1.54, 1.807) is 0 Å². The topological polar surface area (TPSA) is 73.0 Å². The van der Waals surface area contributed by atoms with Gasteiger partial charge in [0, 0.05) is 57.4 Å². The maximum absolute atomic E-state index is 13.2. The second-order valence-electron chi connectivity index (χ2n) is 10.8. The minimum absolute atomic E-state index is 0.116. The smallest absolute Gasteiger partial charge is 0.253 e. The van der Waals surface area contributed by atoms with Crippen LogP contribution in [0.2, 0.25) is 0 Å². The number of amides is 1. The van der Waals surface area contributed by atoms with Crippen LogP contribution in [0, 0.1) is 25.7 Å². The Hall–Kier alpha value is -2.83. The van der Waals surface area contributed by atoms with Gasteiger partial charge in [-0.2, -0.15) is 0 Å². The number of hydrogen-bond acceptors (Lipinski definition) is 6. The molecule has 7 heteroatoms. The predicted molar refractivity (Wildman–Crippen MR) is 141 cm³/mol. The molecule has 0 unspecified atom stereocenters. The Morgan fingerprint density at radius 1 is 0.886 bits per heavy atom. The molecule has 1 amide bonds. The Bertz CT molecular complexity index is 1130. The molecule has 0 spiro atoms. The summed E-state index contributed by atoms with van der Waals surface area (Å²) in [6.45, 7) is 10.1. The predicted octanol–water partition coefficient (Wildman–Crippen LogP) is 3.07. The summed E-state index contributed by atoms with van der Waals surface area (Å²) < 4.78 is 0. The Morgan fingerprint density at radius 2 is 1.57 bits per heavy atom. The van der Waals surface area contributed by atoms with Crippen LogP contribution in [-0.2, 0) is 4.79 Å². The van der Waals surface area contributed by atoms with E-state index in [-0.39, 0.29) is 16.8 Å². The standard InChI is InChI=1S/C28H38N4O3/c1-19-5-6-20(2)23(17-19)30-13-15-32(16-14-30)28(35)22-9-7-21(8-10-22)18-29-24-25(27(34)26(24)33)31-11-3-4-12-31/h5-6,17,21-22,29H,3-4,7-16,18H2,1-2H3. The lowest BCUT2D eigenvalue weighted by Crippen LogP contribution is -2.51. The monoisotopic (exact) mass is 478 g/mol. The van der Waals surface area contributed by atoms with Gasteiger partial charge in [0.05, 0.1) is 0 Å². The maximum Gasteiger partial charge on any atom is 0.253 e. The van der Waals surface area contributed by atoms with Gasteiger partial charge in [0.2, 0.25) is 5.91 Å². The Labute approximate surface area is 207 Å². The van der Waals surface area contributed by atoms with Crippen LogP contribution in [-0.4, -0.2) is 56.6 Å². The molecule has 7 nitrogen and oxygen atoms in total. The van der Waals surface area contributed by atoms with Crippen molar-refractivity contribution < 1.29 is 4.79 Å². The van der Waals surface area contributed by atoms with Crippen molar-refractivity contribution in [2.75, 3.05) is 60.9 Å². The molecule has 2 saturated heterocycles. The minimum Gasteiger partial charge on any atom is -0.380 e. The van der Waals surface area contributed by atoms with Crippen LogP contribution in [0.3, 0.4) is 0 Å². The van der Waals surface area contributed by atoms with Crippen molar-refractivity contribution in [1.82, 2.24) is 4.90 Å². The van der Waals surface area contributed by atoms with Gasteiger partial charge in [0.15, 0.2) is 0 Å². The molecule has 188 valence electrons. The van der Waals surface area contributed by atoms with Crippen molar-refractivity contribution >= 4 is 23.0 Å². The summed E-state index contributed by atoms with van der Waals surface area (Å²) >= 11 is 0. The molecule has 0 radical (unpaired) electrons. The number of anilines is 3. The van der Waals surface area contributed by atoms with Crippen LogP contribution in [0.15, 0.2) is 27.8 Å². The maximum atomic E-state index is 13.2. The van der Waals surface area contributed by atoms with Gasteiger partial charge >= 0.3 is 0 Å². The van der Waals surface area contributed by atoms with Crippen LogP contribution in [0.1, 0.15) is 49.7 Å². The van der Waals surface area contributed by atoms with E-state index in [1.165, 1.54) is 16.8 Å². The molecule has 2 heterocycles. The molecule has 3 aliphatic rings. The molecule has 0 atom stereocenters. The average Bonchev–Trinajstić information content (AvgIpc) is 3.41. The Kier molecular flexibility index (Phi) is 6.85. The van der Waals surface area contributed by atoms with Gasteiger partial charge in [0.25, 0.3) is 10.9 Å². The highest BCUT2D eigenvalue weighted by molar-refractivity contribution is 5.79. The minimum atomic E-state index is -0.365. The number of hydrogen-bond donors (Lipinski definition) is 1. The first kappa shape index (κ1) is 23.9. The number of rotatable bonds is 6. The van der Waals surface area contributed by atoms with Crippen molar-refractivity contribution in [3.63, 3.8) is 0 Å². The molecule has 1 N–H and O–H groups in total. The second-order valence-corrected chi connectivity index (χ2v) is 10.8. The highest BCUT2D eigenvalue weighted by Crippen LogP contribution is 2.32. The van der Waals surface area contributed by atoms with E-state index in [2.05, 4.69) is 52.1 Å². The molecular formula is C28H38N4O3. The van der Waals surface area contributed by atoms with E-state index in [9.17, 15) is 14.4 Å². The molecule has 2 aromatic carbocycles. The summed E-state index contributed by atoms with van der Waals surface area (Å²) in [6, 6.07) is 6.58. The van der Waals surface area contributed by atoms with E-state index in [0.717, 1.165) is 77.8 Å². The van der Waals surface area contributed by atoms with Gasteiger partial charge < -0.3 is 20.0 Å². The van der Waals surface area contributed by atoms with Crippen LogP contribution in [0.5, 0.6) is 0 Å². The second kappa shape index (κ2) is 10.0. The average molecular weight is 479 g/mol. The normalized spacial score (nSPS) is 23.2. The molecule has 2 aromatic rings. The van der Waals surface area contributed by atoms with Crippen molar-refractivity contribution in [1.29, 1.82) is 0 Å². The fraction of sp³-hybridized carbons (Fsp3) is 0.607. The highest BCUT2D eigenvalue weighted by Gasteiger charge is 2.32. The van der Waals surface area contributed by atoms with Crippen LogP contribution >= 0.6 is 0 Å². The Balaban J connectivity index is 1.08. The summed E-state index contributed by atoms with van der Waals surface area (Å²) in [5.41, 5.74) is 4.29. The molecule has 0 bridgehead atoms. The van der Waals surface area contributed by atoms with E-state index in [1.807, 2.05) is 0 Å². The summed E-state index contributed by atoms with van der Waals surface area (Å²) in [6.07, 6.45) is 5.95. The zero-order chi connectivity index (χ0) is 24.5. The van der Waals surface area contributed by atoms with E-state index < -0.39 is 0 Å². The lowest BCUT2D eigenvalue weighted by Gasteiger charge is -2.39. The summed E-state index contributed by atoms with van der Waals surface area (Å²) in [7, 11) is 0. The van der Waals surface area contributed by atoms with Crippen LogP contribution < -0.4 is 26.0 Å². The molecule has 1 saturated carbocycles. The lowest BCUT2D eigenvalue weighted by atomic mass is 9.81. The SMILES string of the molecule is Cc1ccc(C)c(N2CCN(C(=O)C3CCC(CNc4c(N5CCCC5)c(=O)c4=O)CC3)CC2)c1. The third kappa shape index (κ3) is 4.82. The molecule has 2 aliphatic heterocycles. The zero-order valence-electron chi connectivity index (χ0n) is 21.1. The van der Waals surface area contributed by atoms with Crippen molar-refractivity contribution in [3.8, 4) is 0 Å². The third-order valence-electron chi connectivity index (χ3n) is 8.37. The number of piperazine rings is 1. The van der Waals surface area contributed by atoms with Gasteiger partial charge in [0.1, 0.15) is 11.4 Å². The number of nitrogens with zero attached hydrogens (tertiary/aromatic N) is 3. The quantitative estimate of drug-likeness (QED) is 0.644. The summed E-state index contributed by atoms with van der Waals surface area (Å²) in [5, 5.41) is 3.30. The molecule has 1 aliphatic carbocycles. The fourth-order valence-corrected chi connectivity index (χ4v) is 6.13. The van der Waals surface area contributed by atoms with E-state index >= 15 is 0 Å². The first-order valence-corrected chi connectivity index (χ1v) is 13.4. The molecule has 35 heavy (non-hydrogen) atoms. The van der Waals surface area contributed by atoms with Crippen molar-refractivity contribution in [2.24, 2.45) is 11.8 Å². The zero-order valence-corrected chi connectivity index (χ0v) is 21.1. The number of aryl methyl sites for hydroxylation is 2. The van der Waals surface area contributed by atoms with Gasteiger partial charge in [-0.25, -0.2) is 0 Å². The molecule has 0 aromatic heterocycles. The number of carbonyl (C=O) groups excluding carboxylic acids is 1. The van der Waals surface area contributed by atoms with Crippen molar-refractivity contribution in [3.05, 3.63) is 49.8 Å². The van der Waals surface area contributed by atoms with E-state index in [0.29, 0.717) is 29.7 Å². The molecule has 3 fully saturated rings. The molecule has 5 rings (SSSR count). The fourth-order valence-electron chi connectivity index (χ4n) is 6.13. The lowest BCUT2D eigenvalue weighted by molar-refractivity contribution is -0.137. The van der Waals surface area contributed by atoms with Crippen LogP contribution in [0.25, 0.3) is 0 Å². The first-order valence-electron chi connectivity index (χ1n) is 13.4. The van der Waals surface area contributed by atoms with Gasteiger partial charge in [-0.05, 0) is 75.5 Å². The number of benzene rings is 1. The van der Waals surface area contributed by atoms with Crippen LogP contribution in [0.4, 0.5) is 17.1 Å². The first-order chi connectivity index (χ1) is 16.9. The largest absolute Gasteiger partial charge is 0.380 e. The summed E-state index contributed by atoms with van der Waals surface area (Å²) in [5.74, 6) is 0.872. The Morgan fingerprint density at radius 3 is 2.26 bits per heavy atom. The van der Waals surface area contributed by atoms with Crippen molar-refractivity contribution in [2.45, 2.75) is 52.4 Å². The highest BCUT2D eigenvalue weighted by atomic mass is 16.2. The van der Waals surface area contributed by atoms with E-state index in [4.69, 9.17) is 0 Å². The third-order valence-corrected chi connectivity index (χ3v) is 8.37. The molecular weight excluding hydrogens is 440 g/mol. The van der Waals surface area contributed by atoms with Gasteiger partial charge in [-0.3, -0.25) is 14.4 Å². The van der Waals surface area contributed by atoms with Gasteiger partial charge in [-0.1, -0.05) is 12.1 Å². The summed E-state index contributed by atoms with van der Waals surface area (Å²) in [4.78, 5) is 43.9. The number of nitrogens with one attached hydrogen (secondary N) is 1.